The zero-order chi connectivity index (χ0) is 24.0. The summed E-state index contributed by atoms with van der Waals surface area (Å²) in [6.07, 6.45) is 1.99. The van der Waals surface area contributed by atoms with Gasteiger partial charge in [0.15, 0.2) is 11.6 Å². The summed E-state index contributed by atoms with van der Waals surface area (Å²) in [4.78, 5) is 18.3. The molecule has 33 heavy (non-hydrogen) atoms. The number of methoxy groups -OCH3 is 1. The molecule has 8 nitrogen and oxygen atoms in total. The summed E-state index contributed by atoms with van der Waals surface area (Å²) in [5.74, 6) is 0.178. The van der Waals surface area contributed by atoms with E-state index in [1.807, 2.05) is 18.2 Å². The molecule has 1 aromatic carbocycles. The third-order valence-corrected chi connectivity index (χ3v) is 6.23. The maximum atomic E-state index is 11.8. The van der Waals surface area contributed by atoms with Gasteiger partial charge in [0.2, 0.25) is 0 Å². The number of phenolic OH excluding ortho intramolecular Hbond substituents is 1. The van der Waals surface area contributed by atoms with E-state index in [1.54, 1.807) is 18.2 Å². The summed E-state index contributed by atoms with van der Waals surface area (Å²) in [5.41, 5.74) is 1.54. The molecule has 0 radical (unpaired) electrons. The van der Waals surface area contributed by atoms with E-state index in [0.29, 0.717) is 28.2 Å². The number of carbonyl (C=O) groups excluding carboxylic acids is 1. The van der Waals surface area contributed by atoms with Crippen molar-refractivity contribution in [1.29, 1.82) is 0 Å². The van der Waals surface area contributed by atoms with Gasteiger partial charge in [0, 0.05) is 35.1 Å². The maximum absolute atomic E-state index is 11.8. The van der Waals surface area contributed by atoms with E-state index < -0.39 is 5.97 Å². The lowest BCUT2D eigenvalue weighted by Gasteiger charge is -2.49. The lowest BCUT2D eigenvalue weighted by molar-refractivity contribution is 0.0594. The molecule has 0 aliphatic carbocycles. The molecule has 1 aliphatic heterocycles. The zero-order valence-electron chi connectivity index (χ0n) is 20.0. The Morgan fingerprint density at radius 1 is 1.06 bits per heavy atom. The molecule has 0 amide bonds. The number of nitrogens with one attached hydrogen (secondary N) is 1. The molecule has 8 heteroatoms. The molecule has 174 valence electrons. The van der Waals surface area contributed by atoms with Crippen molar-refractivity contribution in [3.05, 3.63) is 42.1 Å². The molecule has 1 saturated heterocycles. The minimum atomic E-state index is -0.557. The number of fused-ring (bicyclic) bond motifs is 1. The third kappa shape index (κ3) is 4.61. The van der Waals surface area contributed by atoms with Gasteiger partial charge in [-0.1, -0.05) is 12.1 Å². The summed E-state index contributed by atoms with van der Waals surface area (Å²) in [7, 11) is 3.35. The minimum Gasteiger partial charge on any atom is -0.505 e. The highest BCUT2D eigenvalue weighted by molar-refractivity contribution is 5.95. The van der Waals surface area contributed by atoms with Gasteiger partial charge >= 0.3 is 5.97 Å². The Kier molecular flexibility index (Phi) is 5.74. The molecular weight excluding hydrogens is 418 g/mol. The fourth-order valence-electron chi connectivity index (χ4n) is 4.98. The Morgan fingerprint density at radius 2 is 1.73 bits per heavy atom. The van der Waals surface area contributed by atoms with Crippen LogP contribution in [0.3, 0.4) is 0 Å². The Morgan fingerprint density at radius 3 is 2.33 bits per heavy atom. The Balaban J connectivity index is 1.63. The first-order valence-corrected chi connectivity index (χ1v) is 11.1. The van der Waals surface area contributed by atoms with Crippen LogP contribution in [0.2, 0.25) is 0 Å². The number of pyridine rings is 1. The van der Waals surface area contributed by atoms with Gasteiger partial charge in [-0.15, -0.1) is 10.2 Å². The molecule has 1 fully saturated rings. The number of aromatic hydroxyl groups is 1. The van der Waals surface area contributed by atoms with Gasteiger partial charge in [0.25, 0.3) is 0 Å². The predicted octanol–water partition coefficient (Wildman–Crippen LogP) is 3.93. The minimum absolute atomic E-state index is 0.0288. The molecular formula is C25H31N5O3. The Bertz CT molecular complexity index is 1170. The van der Waals surface area contributed by atoms with Gasteiger partial charge in [-0.2, -0.15) is 0 Å². The average molecular weight is 450 g/mol. The van der Waals surface area contributed by atoms with E-state index in [4.69, 9.17) is 4.74 Å². The van der Waals surface area contributed by atoms with Crippen molar-refractivity contribution >= 4 is 22.7 Å². The van der Waals surface area contributed by atoms with Crippen LogP contribution >= 0.6 is 0 Å². The first kappa shape index (κ1) is 22.9. The van der Waals surface area contributed by atoms with Crippen LogP contribution in [-0.2, 0) is 4.74 Å². The Labute approximate surface area is 194 Å². The van der Waals surface area contributed by atoms with Crippen LogP contribution in [0.15, 0.2) is 36.4 Å². The number of hydrogen-bond donors (Lipinski definition) is 2. The fraction of sp³-hybridized carbons (Fsp3) is 0.440. The summed E-state index contributed by atoms with van der Waals surface area (Å²) in [6, 6.07) is 11.0. The number of benzene rings is 1. The van der Waals surface area contributed by atoms with E-state index >= 15 is 0 Å². The number of piperidine rings is 1. The number of esters is 1. The number of phenols is 1. The number of rotatable bonds is 4. The first-order valence-electron chi connectivity index (χ1n) is 11.1. The highest BCUT2D eigenvalue weighted by atomic mass is 16.5. The number of nitrogens with zero attached hydrogens (tertiary/aromatic N) is 4. The van der Waals surface area contributed by atoms with E-state index in [-0.39, 0.29) is 22.5 Å². The highest BCUT2D eigenvalue weighted by Crippen LogP contribution is 2.35. The van der Waals surface area contributed by atoms with Crippen molar-refractivity contribution in [2.75, 3.05) is 19.1 Å². The smallest absolute Gasteiger partial charge is 0.356 e. The maximum Gasteiger partial charge on any atom is 0.356 e. The second-order valence-electron chi connectivity index (χ2n) is 10.1. The summed E-state index contributed by atoms with van der Waals surface area (Å²) in [5, 5.41) is 24.1. The number of aromatic nitrogens is 3. The second-order valence-corrected chi connectivity index (χ2v) is 10.1. The van der Waals surface area contributed by atoms with Crippen molar-refractivity contribution in [2.24, 2.45) is 0 Å². The third-order valence-electron chi connectivity index (χ3n) is 6.23. The van der Waals surface area contributed by atoms with Crippen molar-refractivity contribution in [2.45, 2.75) is 57.7 Å². The van der Waals surface area contributed by atoms with E-state index in [1.165, 1.54) is 7.11 Å². The number of ether oxygens (including phenoxy) is 1. The molecule has 1 aliphatic rings. The molecule has 0 atom stereocenters. The van der Waals surface area contributed by atoms with Crippen molar-refractivity contribution in [1.82, 2.24) is 20.5 Å². The quantitative estimate of drug-likeness (QED) is 0.578. The molecule has 0 spiro atoms. The van der Waals surface area contributed by atoms with Crippen LogP contribution in [0.5, 0.6) is 5.75 Å². The fourth-order valence-corrected chi connectivity index (χ4v) is 4.98. The average Bonchev–Trinajstić information content (AvgIpc) is 2.76. The topological polar surface area (TPSA) is 100 Å². The zero-order valence-corrected chi connectivity index (χ0v) is 20.0. The lowest BCUT2D eigenvalue weighted by atomic mass is 9.79. The standard InChI is InChI=1S/C25H31N5O3/c1-24(2)13-16(14-25(3,4)29-24)30(5)20-12-11-18(27-28-20)17-9-7-15-8-10-19(23(32)33-6)26-21(15)22(17)31/h7-12,16,29,31H,13-14H2,1-6H3. The SMILES string of the molecule is COC(=O)c1ccc2ccc(-c3ccc(N(C)C4CC(C)(C)NC(C)(C)C4)nn3)c(O)c2n1. The summed E-state index contributed by atoms with van der Waals surface area (Å²) in [6.45, 7) is 8.91. The molecule has 2 aromatic heterocycles. The summed E-state index contributed by atoms with van der Waals surface area (Å²) < 4.78 is 4.74. The van der Waals surface area contributed by atoms with Gasteiger partial charge in [0.05, 0.1) is 12.8 Å². The van der Waals surface area contributed by atoms with Crippen LogP contribution in [0.25, 0.3) is 22.2 Å². The molecule has 3 heterocycles. The summed E-state index contributed by atoms with van der Waals surface area (Å²) >= 11 is 0. The normalized spacial score (nSPS) is 17.6. The van der Waals surface area contributed by atoms with E-state index in [2.05, 4.69) is 60.1 Å². The van der Waals surface area contributed by atoms with Gasteiger partial charge in [0.1, 0.15) is 11.2 Å². The molecule has 0 saturated carbocycles. The van der Waals surface area contributed by atoms with Crippen LogP contribution < -0.4 is 10.2 Å². The molecule has 2 N–H and O–H groups in total. The second kappa shape index (κ2) is 8.26. The van der Waals surface area contributed by atoms with Crippen molar-refractivity contribution in [3.63, 3.8) is 0 Å². The number of hydrogen-bond acceptors (Lipinski definition) is 8. The van der Waals surface area contributed by atoms with Crippen LogP contribution in [-0.4, -0.2) is 57.5 Å². The van der Waals surface area contributed by atoms with Gasteiger partial charge in [-0.25, -0.2) is 9.78 Å². The van der Waals surface area contributed by atoms with Gasteiger partial charge < -0.3 is 20.1 Å². The monoisotopic (exact) mass is 449 g/mol. The van der Waals surface area contributed by atoms with Crippen molar-refractivity contribution < 1.29 is 14.6 Å². The lowest BCUT2D eigenvalue weighted by Crippen LogP contribution is -2.62. The van der Waals surface area contributed by atoms with Crippen LogP contribution in [0, 0.1) is 0 Å². The van der Waals surface area contributed by atoms with Gasteiger partial charge in [-0.3, -0.25) is 0 Å². The van der Waals surface area contributed by atoms with Crippen LogP contribution in [0.4, 0.5) is 5.82 Å². The van der Waals surface area contributed by atoms with Gasteiger partial charge in [-0.05, 0) is 64.8 Å². The molecule has 3 aromatic rings. The van der Waals surface area contributed by atoms with E-state index in [0.717, 1.165) is 18.7 Å². The van der Waals surface area contributed by atoms with Crippen LogP contribution in [0.1, 0.15) is 51.0 Å². The number of anilines is 1. The number of carbonyl (C=O) groups is 1. The molecule has 0 bridgehead atoms. The highest BCUT2D eigenvalue weighted by Gasteiger charge is 2.39. The molecule has 4 rings (SSSR count). The Hall–Kier alpha value is -3.26. The molecule has 0 unspecified atom stereocenters. The first-order chi connectivity index (χ1) is 15.5. The largest absolute Gasteiger partial charge is 0.505 e. The van der Waals surface area contributed by atoms with E-state index in [9.17, 15) is 9.90 Å². The van der Waals surface area contributed by atoms with Crippen molar-refractivity contribution in [3.8, 4) is 17.0 Å². The predicted molar refractivity (Wildman–Crippen MR) is 128 cm³/mol.